The zero-order valence-corrected chi connectivity index (χ0v) is 19.8. The van der Waals surface area contributed by atoms with Gasteiger partial charge in [-0.2, -0.15) is 13.2 Å². The molecule has 33 heavy (non-hydrogen) atoms. The van der Waals surface area contributed by atoms with Gasteiger partial charge in [0.05, 0.1) is 18.3 Å². The Bertz CT molecular complexity index is 1060. The molecule has 0 radical (unpaired) electrons. The third-order valence-electron chi connectivity index (χ3n) is 5.54. The Morgan fingerprint density at radius 2 is 1.73 bits per heavy atom. The molecule has 1 unspecified atom stereocenters. The van der Waals surface area contributed by atoms with Gasteiger partial charge in [-0.05, 0) is 78.3 Å². The minimum Gasteiger partial charge on any atom is -0.491 e. The van der Waals surface area contributed by atoms with E-state index in [1.165, 1.54) is 12.1 Å². The third kappa shape index (κ3) is 6.37. The fraction of sp³-hybridized carbons (Fsp3) is 0.385. The number of rotatable bonds is 9. The van der Waals surface area contributed by atoms with Crippen LogP contribution >= 0.6 is 11.3 Å². The summed E-state index contributed by atoms with van der Waals surface area (Å²) in [6, 6.07) is 12.8. The van der Waals surface area contributed by atoms with Gasteiger partial charge in [0.15, 0.2) is 0 Å². The largest absolute Gasteiger partial charge is 0.491 e. The molecule has 3 rings (SSSR count). The first kappa shape index (κ1) is 25.3. The molecule has 1 aromatic heterocycles. The van der Waals surface area contributed by atoms with Crippen LogP contribution in [0.1, 0.15) is 59.4 Å². The first-order chi connectivity index (χ1) is 15.6. The Balaban J connectivity index is 1.74. The number of hydrogen-bond donors (Lipinski definition) is 2. The molecule has 0 aliphatic rings. The maximum atomic E-state index is 12.9. The molecule has 3 aromatic rings. The second-order valence-corrected chi connectivity index (χ2v) is 9.51. The van der Waals surface area contributed by atoms with Crippen LogP contribution in [0, 0.1) is 6.92 Å². The van der Waals surface area contributed by atoms with Gasteiger partial charge < -0.3 is 14.9 Å². The monoisotopic (exact) mass is 478 g/mol. The predicted octanol–water partition coefficient (Wildman–Crippen LogP) is 6.90. The highest BCUT2D eigenvalue weighted by Crippen LogP contribution is 2.38. The number of benzene rings is 2. The SMILES string of the molecule is Cc1cc(C(O)CCc2sc(-c3ccc(C(F)(F)F)cc3)cc2C(C)C)ccc1OCCO. The first-order valence-corrected chi connectivity index (χ1v) is 11.7. The molecule has 178 valence electrons. The molecule has 0 spiro atoms. The maximum absolute atomic E-state index is 12.9. The molecule has 0 aliphatic heterocycles. The number of aliphatic hydroxyl groups excluding tert-OH is 2. The zero-order chi connectivity index (χ0) is 24.2. The van der Waals surface area contributed by atoms with Crippen molar-refractivity contribution in [2.75, 3.05) is 13.2 Å². The molecule has 0 fully saturated rings. The molecule has 0 aliphatic carbocycles. The second kappa shape index (κ2) is 10.7. The average Bonchev–Trinajstić information content (AvgIpc) is 3.21. The zero-order valence-electron chi connectivity index (χ0n) is 18.9. The van der Waals surface area contributed by atoms with Gasteiger partial charge in [-0.3, -0.25) is 0 Å². The van der Waals surface area contributed by atoms with E-state index in [4.69, 9.17) is 9.84 Å². The van der Waals surface area contributed by atoms with Crippen molar-refractivity contribution in [1.29, 1.82) is 0 Å². The number of aryl methyl sites for hydroxylation is 2. The molecule has 1 atom stereocenters. The fourth-order valence-electron chi connectivity index (χ4n) is 3.72. The van der Waals surface area contributed by atoms with Crippen molar-refractivity contribution >= 4 is 11.3 Å². The summed E-state index contributed by atoms with van der Waals surface area (Å²) in [6.45, 7) is 6.24. The summed E-state index contributed by atoms with van der Waals surface area (Å²) in [5.41, 5.74) is 2.96. The van der Waals surface area contributed by atoms with Gasteiger partial charge in [0.1, 0.15) is 12.4 Å². The van der Waals surface area contributed by atoms with Crippen LogP contribution in [0.2, 0.25) is 0 Å². The number of aliphatic hydroxyl groups is 2. The molecule has 2 aromatic carbocycles. The Labute approximate surface area is 196 Å². The summed E-state index contributed by atoms with van der Waals surface area (Å²) < 4.78 is 44.1. The topological polar surface area (TPSA) is 49.7 Å². The second-order valence-electron chi connectivity index (χ2n) is 8.37. The van der Waals surface area contributed by atoms with Gasteiger partial charge in [-0.1, -0.05) is 32.0 Å². The summed E-state index contributed by atoms with van der Waals surface area (Å²) >= 11 is 1.57. The van der Waals surface area contributed by atoms with Crippen LogP contribution in [-0.2, 0) is 12.6 Å². The summed E-state index contributed by atoms with van der Waals surface area (Å²) in [7, 11) is 0. The Hall–Kier alpha value is -2.35. The predicted molar refractivity (Wildman–Crippen MR) is 126 cm³/mol. The van der Waals surface area contributed by atoms with Crippen molar-refractivity contribution in [2.45, 2.75) is 51.8 Å². The van der Waals surface area contributed by atoms with Crippen molar-refractivity contribution in [1.82, 2.24) is 0 Å². The van der Waals surface area contributed by atoms with E-state index in [1.54, 1.807) is 17.4 Å². The van der Waals surface area contributed by atoms with E-state index in [0.29, 0.717) is 18.6 Å². The van der Waals surface area contributed by atoms with Gasteiger partial charge >= 0.3 is 6.18 Å². The van der Waals surface area contributed by atoms with Crippen LogP contribution in [0.25, 0.3) is 10.4 Å². The molecule has 3 nitrogen and oxygen atoms in total. The average molecular weight is 479 g/mol. The molecule has 1 heterocycles. The van der Waals surface area contributed by atoms with Gasteiger partial charge in [-0.15, -0.1) is 11.3 Å². The van der Waals surface area contributed by atoms with Crippen molar-refractivity contribution < 1.29 is 28.1 Å². The Morgan fingerprint density at radius 1 is 1.03 bits per heavy atom. The van der Waals surface area contributed by atoms with E-state index in [2.05, 4.69) is 19.9 Å². The Kier molecular flexibility index (Phi) is 8.21. The number of halogens is 3. The lowest BCUT2D eigenvalue weighted by molar-refractivity contribution is -0.137. The number of thiophene rings is 1. The summed E-state index contributed by atoms with van der Waals surface area (Å²) in [5, 5.41) is 19.7. The van der Waals surface area contributed by atoms with Crippen molar-refractivity contribution in [2.24, 2.45) is 0 Å². The van der Waals surface area contributed by atoms with Crippen LogP contribution in [0.15, 0.2) is 48.5 Å². The minimum atomic E-state index is -4.35. The molecule has 0 amide bonds. The number of ether oxygens (including phenoxy) is 1. The van der Waals surface area contributed by atoms with E-state index in [0.717, 1.165) is 44.1 Å². The molecule has 0 saturated heterocycles. The lowest BCUT2D eigenvalue weighted by Crippen LogP contribution is -2.04. The van der Waals surface area contributed by atoms with Crippen LogP contribution in [0.4, 0.5) is 13.2 Å². The standard InChI is InChI=1S/C26H29F3O3S/c1-16(2)21-15-25(18-4-7-20(8-5-18)26(27,28)29)33-24(21)11-9-22(31)19-6-10-23(17(3)14-19)32-13-12-30/h4-8,10,14-16,22,30-31H,9,11-13H2,1-3H3. The van der Waals surface area contributed by atoms with E-state index in [9.17, 15) is 18.3 Å². The van der Waals surface area contributed by atoms with Crippen LogP contribution in [0.3, 0.4) is 0 Å². The van der Waals surface area contributed by atoms with Crippen LogP contribution < -0.4 is 4.74 Å². The molecule has 0 saturated carbocycles. The number of hydrogen-bond acceptors (Lipinski definition) is 4. The Morgan fingerprint density at radius 3 is 2.30 bits per heavy atom. The summed E-state index contributed by atoms with van der Waals surface area (Å²) in [6.07, 6.45) is -3.79. The summed E-state index contributed by atoms with van der Waals surface area (Å²) in [4.78, 5) is 2.07. The quantitative estimate of drug-likeness (QED) is 0.352. The normalized spacial score (nSPS) is 12.9. The van der Waals surface area contributed by atoms with Crippen molar-refractivity contribution in [3.05, 3.63) is 75.7 Å². The molecule has 7 heteroatoms. The van der Waals surface area contributed by atoms with Gasteiger partial charge in [0, 0.05) is 9.75 Å². The van der Waals surface area contributed by atoms with E-state index in [1.807, 2.05) is 19.1 Å². The smallest absolute Gasteiger partial charge is 0.416 e. The lowest BCUT2D eigenvalue weighted by atomic mass is 9.97. The highest BCUT2D eigenvalue weighted by Gasteiger charge is 2.30. The van der Waals surface area contributed by atoms with E-state index < -0.39 is 17.8 Å². The molecule has 0 bridgehead atoms. The van der Waals surface area contributed by atoms with Gasteiger partial charge in [-0.25, -0.2) is 0 Å². The lowest BCUT2D eigenvalue weighted by Gasteiger charge is -2.15. The molecular formula is C26H29F3O3S. The van der Waals surface area contributed by atoms with E-state index in [-0.39, 0.29) is 19.1 Å². The summed E-state index contributed by atoms with van der Waals surface area (Å²) in [5.74, 6) is 0.948. The number of alkyl halides is 3. The fourth-order valence-corrected chi connectivity index (χ4v) is 5.06. The van der Waals surface area contributed by atoms with Crippen LogP contribution in [0.5, 0.6) is 5.75 Å². The third-order valence-corrected chi connectivity index (χ3v) is 6.80. The minimum absolute atomic E-state index is 0.0583. The maximum Gasteiger partial charge on any atom is 0.416 e. The van der Waals surface area contributed by atoms with Gasteiger partial charge in [0.25, 0.3) is 0 Å². The molecule has 2 N–H and O–H groups in total. The van der Waals surface area contributed by atoms with E-state index >= 15 is 0 Å². The highest BCUT2D eigenvalue weighted by molar-refractivity contribution is 7.15. The van der Waals surface area contributed by atoms with Crippen LogP contribution in [-0.4, -0.2) is 23.4 Å². The highest BCUT2D eigenvalue weighted by atomic mass is 32.1. The first-order valence-electron chi connectivity index (χ1n) is 10.9. The van der Waals surface area contributed by atoms with Crippen molar-refractivity contribution in [3.63, 3.8) is 0 Å². The molecular weight excluding hydrogens is 449 g/mol. The van der Waals surface area contributed by atoms with Crippen molar-refractivity contribution in [3.8, 4) is 16.2 Å². The van der Waals surface area contributed by atoms with Gasteiger partial charge in [0.2, 0.25) is 0 Å².